The molecule has 0 aliphatic heterocycles. The van der Waals surface area contributed by atoms with Crippen LogP contribution in [0.5, 0.6) is 0 Å². The van der Waals surface area contributed by atoms with Crippen LogP contribution in [0.15, 0.2) is 30.4 Å². The Morgan fingerprint density at radius 3 is 2.85 bits per heavy atom. The van der Waals surface area contributed by atoms with Gasteiger partial charge in [0.05, 0.1) is 0 Å². The van der Waals surface area contributed by atoms with Crippen LogP contribution in [0, 0.1) is 31.6 Å². The molecule has 20 heavy (non-hydrogen) atoms. The average molecular weight is 269 g/mol. The molecule has 0 heterocycles. The minimum absolute atomic E-state index is 0.200. The van der Waals surface area contributed by atoms with Gasteiger partial charge in [-0.05, 0) is 68.2 Å². The van der Waals surface area contributed by atoms with E-state index in [1.165, 1.54) is 36.8 Å². The summed E-state index contributed by atoms with van der Waals surface area (Å²) in [6.45, 7) is 4.17. The van der Waals surface area contributed by atoms with E-state index in [0.29, 0.717) is 11.8 Å². The molecular weight excluding hydrogens is 246 g/mol. The normalized spacial score (nSPS) is 28.2. The number of rotatable bonds is 2. The third-order valence-corrected chi connectivity index (χ3v) is 4.82. The molecule has 2 aliphatic rings. The lowest BCUT2D eigenvalue weighted by Gasteiger charge is -2.07. The van der Waals surface area contributed by atoms with Crippen LogP contribution >= 0.6 is 0 Å². The molecule has 1 aromatic rings. The van der Waals surface area contributed by atoms with E-state index in [2.05, 4.69) is 43.4 Å². The maximum absolute atomic E-state index is 12.4. The van der Waals surface area contributed by atoms with Gasteiger partial charge >= 0.3 is 0 Å². The number of amides is 1. The molecule has 1 N–H and O–H groups in total. The molecule has 0 bridgehead atoms. The minimum Gasteiger partial charge on any atom is -0.326 e. The Morgan fingerprint density at radius 1 is 1.20 bits per heavy atom. The van der Waals surface area contributed by atoms with Crippen molar-refractivity contribution < 1.29 is 4.79 Å². The highest BCUT2D eigenvalue weighted by Gasteiger charge is 2.52. The molecule has 1 aromatic carbocycles. The van der Waals surface area contributed by atoms with E-state index < -0.39 is 0 Å². The summed E-state index contributed by atoms with van der Waals surface area (Å²) in [5, 5.41) is 3.10. The van der Waals surface area contributed by atoms with E-state index in [0.717, 1.165) is 5.69 Å². The number of nitrogens with one attached hydrogen (secondary N) is 1. The van der Waals surface area contributed by atoms with Crippen molar-refractivity contribution in [2.75, 3.05) is 5.32 Å². The first-order chi connectivity index (χ1) is 9.66. The Kier molecular flexibility index (Phi) is 3.64. The van der Waals surface area contributed by atoms with Gasteiger partial charge in [-0.2, -0.15) is 0 Å². The van der Waals surface area contributed by atoms with Crippen molar-refractivity contribution in [3.05, 3.63) is 41.5 Å². The van der Waals surface area contributed by atoms with Crippen LogP contribution in [0.3, 0.4) is 0 Å². The lowest BCUT2D eigenvalue weighted by Crippen LogP contribution is -2.15. The Labute approximate surface area is 121 Å². The molecule has 2 aliphatic carbocycles. The number of hydrogen-bond donors (Lipinski definition) is 1. The molecule has 0 radical (unpaired) electrons. The Morgan fingerprint density at radius 2 is 2.05 bits per heavy atom. The van der Waals surface area contributed by atoms with Crippen molar-refractivity contribution in [2.45, 2.75) is 39.5 Å². The quantitative estimate of drug-likeness (QED) is 0.800. The summed E-state index contributed by atoms with van der Waals surface area (Å²) >= 11 is 0. The molecule has 1 saturated carbocycles. The number of hydrogen-bond acceptors (Lipinski definition) is 1. The highest BCUT2D eigenvalue weighted by molar-refractivity contribution is 5.95. The molecule has 0 saturated heterocycles. The van der Waals surface area contributed by atoms with Gasteiger partial charge in [-0.1, -0.05) is 24.6 Å². The van der Waals surface area contributed by atoms with Crippen molar-refractivity contribution in [1.29, 1.82) is 0 Å². The lowest BCUT2D eigenvalue weighted by molar-refractivity contribution is -0.117. The maximum atomic E-state index is 12.4. The van der Waals surface area contributed by atoms with Crippen LogP contribution < -0.4 is 5.32 Å². The van der Waals surface area contributed by atoms with Crippen molar-refractivity contribution in [1.82, 2.24) is 0 Å². The predicted molar refractivity (Wildman–Crippen MR) is 82.6 cm³/mol. The standard InChI is InChI=1S/C18H23NO/c1-12-9-10-14(11-13(12)2)19-18(20)17-15-7-5-3-4-6-8-16(15)17/h5,7,9-11,15-17H,3-4,6,8H2,1-2H3,(H,19,20)/t15-,16-,17-/m1/s1. The van der Waals surface area contributed by atoms with Gasteiger partial charge in [-0.25, -0.2) is 0 Å². The Balaban J connectivity index is 1.66. The summed E-state index contributed by atoms with van der Waals surface area (Å²) in [7, 11) is 0. The third kappa shape index (κ3) is 2.65. The van der Waals surface area contributed by atoms with Gasteiger partial charge < -0.3 is 5.32 Å². The van der Waals surface area contributed by atoms with Crippen molar-refractivity contribution in [3.8, 4) is 0 Å². The first-order valence-electron chi connectivity index (χ1n) is 7.71. The van der Waals surface area contributed by atoms with Gasteiger partial charge in [0, 0.05) is 11.6 Å². The zero-order valence-electron chi connectivity index (χ0n) is 12.4. The topological polar surface area (TPSA) is 29.1 Å². The van der Waals surface area contributed by atoms with Gasteiger partial charge in [0.25, 0.3) is 0 Å². The molecule has 1 fully saturated rings. The number of benzene rings is 1. The molecule has 0 unspecified atom stereocenters. The molecule has 3 rings (SSSR count). The average Bonchev–Trinajstić information content (AvgIpc) is 3.05. The minimum atomic E-state index is 0.200. The maximum Gasteiger partial charge on any atom is 0.228 e. The van der Waals surface area contributed by atoms with Crippen LogP contribution in [-0.2, 0) is 4.79 Å². The van der Waals surface area contributed by atoms with Crippen LogP contribution in [0.25, 0.3) is 0 Å². The highest BCUT2D eigenvalue weighted by Crippen LogP contribution is 2.51. The number of carbonyl (C=O) groups is 1. The fraction of sp³-hybridized carbons (Fsp3) is 0.500. The van der Waals surface area contributed by atoms with E-state index >= 15 is 0 Å². The zero-order chi connectivity index (χ0) is 14.1. The Bertz CT molecular complexity index is 546. The van der Waals surface area contributed by atoms with Gasteiger partial charge in [0.2, 0.25) is 5.91 Å². The van der Waals surface area contributed by atoms with E-state index in [1.54, 1.807) is 0 Å². The fourth-order valence-electron chi connectivity index (χ4n) is 3.34. The van der Waals surface area contributed by atoms with E-state index in [-0.39, 0.29) is 11.8 Å². The smallest absolute Gasteiger partial charge is 0.228 e. The first-order valence-corrected chi connectivity index (χ1v) is 7.71. The predicted octanol–water partition coefficient (Wildman–Crippen LogP) is 4.23. The second-order valence-corrected chi connectivity index (χ2v) is 6.27. The first kappa shape index (κ1) is 13.4. The van der Waals surface area contributed by atoms with Crippen LogP contribution in [0.2, 0.25) is 0 Å². The molecule has 0 aromatic heterocycles. The fourth-order valence-corrected chi connectivity index (χ4v) is 3.34. The van der Waals surface area contributed by atoms with Crippen molar-refractivity contribution in [3.63, 3.8) is 0 Å². The number of aryl methyl sites for hydroxylation is 2. The van der Waals surface area contributed by atoms with Crippen LogP contribution in [0.4, 0.5) is 5.69 Å². The van der Waals surface area contributed by atoms with Gasteiger partial charge in [-0.3, -0.25) is 4.79 Å². The molecular formula is C18H23NO. The van der Waals surface area contributed by atoms with Gasteiger partial charge in [0.15, 0.2) is 0 Å². The molecule has 106 valence electrons. The van der Waals surface area contributed by atoms with Gasteiger partial charge in [0.1, 0.15) is 0 Å². The largest absolute Gasteiger partial charge is 0.326 e. The number of allylic oxidation sites excluding steroid dienone is 2. The van der Waals surface area contributed by atoms with E-state index in [1.807, 2.05) is 6.07 Å². The summed E-state index contributed by atoms with van der Waals surface area (Å²) in [5.41, 5.74) is 3.42. The van der Waals surface area contributed by atoms with Crippen molar-refractivity contribution in [2.24, 2.45) is 17.8 Å². The molecule has 2 heteroatoms. The molecule has 3 atom stereocenters. The summed E-state index contributed by atoms with van der Waals surface area (Å²) in [4.78, 5) is 12.4. The molecule has 1 amide bonds. The summed E-state index contributed by atoms with van der Waals surface area (Å²) in [6, 6.07) is 6.13. The summed E-state index contributed by atoms with van der Waals surface area (Å²) in [5.74, 6) is 1.47. The molecule has 2 nitrogen and oxygen atoms in total. The van der Waals surface area contributed by atoms with Crippen LogP contribution in [0.1, 0.15) is 36.8 Å². The second-order valence-electron chi connectivity index (χ2n) is 6.27. The zero-order valence-corrected chi connectivity index (χ0v) is 12.4. The number of fused-ring (bicyclic) bond motifs is 1. The molecule has 0 spiro atoms. The summed E-state index contributed by atoms with van der Waals surface area (Å²) in [6.07, 6.45) is 9.45. The van der Waals surface area contributed by atoms with Crippen LogP contribution in [-0.4, -0.2) is 5.91 Å². The van der Waals surface area contributed by atoms with E-state index in [9.17, 15) is 4.79 Å². The Hall–Kier alpha value is -1.57. The number of anilines is 1. The lowest BCUT2D eigenvalue weighted by atomic mass is 10.1. The monoisotopic (exact) mass is 269 g/mol. The second kappa shape index (κ2) is 5.43. The summed E-state index contributed by atoms with van der Waals surface area (Å²) < 4.78 is 0. The van der Waals surface area contributed by atoms with Gasteiger partial charge in [-0.15, -0.1) is 0 Å². The highest BCUT2D eigenvalue weighted by atomic mass is 16.2. The van der Waals surface area contributed by atoms with Crippen molar-refractivity contribution >= 4 is 11.6 Å². The third-order valence-electron chi connectivity index (χ3n) is 4.82. The number of carbonyl (C=O) groups excluding carboxylic acids is 1. The van der Waals surface area contributed by atoms with E-state index in [4.69, 9.17) is 0 Å². The SMILES string of the molecule is Cc1ccc(NC(=O)[C@@H]2[C@@H]3C=CCCCC[C@H]32)cc1C.